The van der Waals surface area contributed by atoms with E-state index in [4.69, 9.17) is 5.53 Å². The van der Waals surface area contributed by atoms with Crippen LogP contribution in [0.4, 0.5) is 13.2 Å². The number of hydrogen-bond acceptors (Lipinski definition) is 1. The standard InChI is InChI=1S/C13H10F3N3/c14-13(15,16)8-12(18-19-17)11-6-5-9-3-1-2-4-10(9)7-11/h1-7,12H,8H2. The normalized spacial score (nSPS) is 13.0. The quantitative estimate of drug-likeness (QED) is 0.419. The third-order valence-corrected chi connectivity index (χ3v) is 2.77. The number of fused-ring (bicyclic) bond motifs is 1. The SMILES string of the molecule is [N-]=[N+]=NC(CC(F)(F)F)c1ccc2ccccc2c1. The Morgan fingerprint density at radius 1 is 1.11 bits per heavy atom. The predicted molar refractivity (Wildman–Crippen MR) is 66.5 cm³/mol. The van der Waals surface area contributed by atoms with Crippen LogP contribution in [0.5, 0.6) is 0 Å². The summed E-state index contributed by atoms with van der Waals surface area (Å²) in [5, 5.41) is 5.00. The topological polar surface area (TPSA) is 48.8 Å². The van der Waals surface area contributed by atoms with E-state index in [1.165, 1.54) is 0 Å². The molecule has 0 N–H and O–H groups in total. The van der Waals surface area contributed by atoms with Gasteiger partial charge in [0.25, 0.3) is 0 Å². The Bertz CT molecular complexity index is 630. The number of halogens is 3. The first-order valence-corrected chi connectivity index (χ1v) is 5.59. The van der Waals surface area contributed by atoms with Gasteiger partial charge in [-0.3, -0.25) is 0 Å². The first-order valence-electron chi connectivity index (χ1n) is 5.59. The molecular weight excluding hydrogens is 255 g/mol. The zero-order chi connectivity index (χ0) is 13.9. The van der Waals surface area contributed by atoms with Crippen LogP contribution >= 0.6 is 0 Å². The Hall–Kier alpha value is -2.20. The average molecular weight is 265 g/mol. The largest absolute Gasteiger partial charge is 0.389 e. The molecule has 3 nitrogen and oxygen atoms in total. The predicted octanol–water partition coefficient (Wildman–Crippen LogP) is 5.14. The molecule has 1 atom stereocenters. The molecule has 0 radical (unpaired) electrons. The molecule has 2 rings (SSSR count). The highest BCUT2D eigenvalue weighted by Crippen LogP contribution is 2.33. The lowest BCUT2D eigenvalue weighted by atomic mass is 10.0. The van der Waals surface area contributed by atoms with Crippen molar-refractivity contribution in [2.75, 3.05) is 0 Å². The minimum Gasteiger partial charge on any atom is -0.171 e. The van der Waals surface area contributed by atoms with Gasteiger partial charge in [-0.15, -0.1) is 0 Å². The van der Waals surface area contributed by atoms with Crippen LogP contribution in [0.15, 0.2) is 47.6 Å². The van der Waals surface area contributed by atoms with Crippen LogP contribution in [-0.2, 0) is 0 Å². The second-order valence-electron chi connectivity index (χ2n) is 4.15. The molecule has 0 amide bonds. The number of hydrogen-bond donors (Lipinski definition) is 0. The summed E-state index contributed by atoms with van der Waals surface area (Å²) < 4.78 is 37.3. The van der Waals surface area contributed by atoms with Gasteiger partial charge >= 0.3 is 6.18 Å². The molecule has 0 aliphatic heterocycles. The van der Waals surface area contributed by atoms with E-state index in [0.717, 1.165) is 10.8 Å². The second-order valence-corrected chi connectivity index (χ2v) is 4.15. The fourth-order valence-electron chi connectivity index (χ4n) is 1.92. The summed E-state index contributed by atoms with van der Waals surface area (Å²) in [5.74, 6) is 0. The molecule has 19 heavy (non-hydrogen) atoms. The van der Waals surface area contributed by atoms with Crippen LogP contribution in [0.2, 0.25) is 0 Å². The summed E-state index contributed by atoms with van der Waals surface area (Å²) in [5.41, 5.74) is 8.77. The Balaban J connectivity index is 2.41. The molecule has 1 unspecified atom stereocenters. The van der Waals surface area contributed by atoms with E-state index in [9.17, 15) is 13.2 Å². The summed E-state index contributed by atoms with van der Waals surface area (Å²) in [6.07, 6.45) is -5.53. The zero-order valence-corrected chi connectivity index (χ0v) is 9.80. The summed E-state index contributed by atoms with van der Waals surface area (Å²) in [6, 6.07) is 11.0. The van der Waals surface area contributed by atoms with Gasteiger partial charge in [0.1, 0.15) is 0 Å². The fourth-order valence-corrected chi connectivity index (χ4v) is 1.92. The van der Waals surface area contributed by atoms with Crippen molar-refractivity contribution in [3.63, 3.8) is 0 Å². The number of benzene rings is 2. The monoisotopic (exact) mass is 265 g/mol. The molecule has 0 spiro atoms. The molecule has 0 aliphatic carbocycles. The van der Waals surface area contributed by atoms with Crippen LogP contribution in [0.3, 0.4) is 0 Å². The molecule has 0 heterocycles. The summed E-state index contributed by atoms with van der Waals surface area (Å²) in [6.45, 7) is 0. The minimum absolute atomic E-state index is 0.369. The Labute approximate surface area is 107 Å². The van der Waals surface area contributed by atoms with Gasteiger partial charge in [0, 0.05) is 4.91 Å². The van der Waals surface area contributed by atoms with Crippen molar-refractivity contribution in [1.29, 1.82) is 0 Å². The molecular formula is C13H10F3N3. The first kappa shape index (κ1) is 13.2. The lowest BCUT2D eigenvalue weighted by molar-refractivity contribution is -0.138. The van der Waals surface area contributed by atoms with Crippen molar-refractivity contribution in [3.05, 3.63) is 58.5 Å². The molecule has 98 valence electrons. The van der Waals surface area contributed by atoms with Gasteiger partial charge in [0.2, 0.25) is 0 Å². The number of nitrogens with zero attached hydrogens (tertiary/aromatic N) is 3. The molecule has 0 saturated heterocycles. The molecule has 2 aromatic carbocycles. The smallest absolute Gasteiger partial charge is 0.171 e. The van der Waals surface area contributed by atoms with Crippen molar-refractivity contribution >= 4 is 10.8 Å². The Kier molecular flexibility index (Phi) is 3.62. The summed E-state index contributed by atoms with van der Waals surface area (Å²) in [4.78, 5) is 2.50. The van der Waals surface area contributed by atoms with E-state index in [1.54, 1.807) is 30.3 Å². The van der Waals surface area contributed by atoms with Gasteiger partial charge < -0.3 is 0 Å². The number of alkyl halides is 3. The second kappa shape index (κ2) is 5.20. The highest BCUT2D eigenvalue weighted by molar-refractivity contribution is 5.83. The van der Waals surface area contributed by atoms with E-state index in [0.29, 0.717) is 5.56 Å². The molecule has 0 bridgehead atoms. The van der Waals surface area contributed by atoms with Crippen molar-refractivity contribution in [3.8, 4) is 0 Å². The zero-order valence-electron chi connectivity index (χ0n) is 9.80. The molecule has 0 saturated carbocycles. The maximum Gasteiger partial charge on any atom is 0.389 e. The average Bonchev–Trinajstić information content (AvgIpc) is 2.36. The van der Waals surface area contributed by atoms with Gasteiger partial charge in [0.05, 0.1) is 12.5 Å². The molecule has 2 aromatic rings. The van der Waals surface area contributed by atoms with Crippen LogP contribution in [0.25, 0.3) is 21.2 Å². The van der Waals surface area contributed by atoms with Gasteiger partial charge in [-0.25, -0.2) is 0 Å². The highest BCUT2D eigenvalue weighted by atomic mass is 19.4. The van der Waals surface area contributed by atoms with Crippen molar-refractivity contribution < 1.29 is 13.2 Å². The lowest BCUT2D eigenvalue weighted by Gasteiger charge is -2.14. The maximum absolute atomic E-state index is 12.4. The number of azide groups is 1. The van der Waals surface area contributed by atoms with Crippen molar-refractivity contribution in [2.24, 2.45) is 5.11 Å². The van der Waals surface area contributed by atoms with Crippen LogP contribution in [0.1, 0.15) is 18.0 Å². The first-order chi connectivity index (χ1) is 8.99. The third-order valence-electron chi connectivity index (χ3n) is 2.77. The van der Waals surface area contributed by atoms with E-state index < -0.39 is 18.6 Å². The van der Waals surface area contributed by atoms with Crippen LogP contribution < -0.4 is 0 Å². The van der Waals surface area contributed by atoms with Crippen LogP contribution in [0, 0.1) is 0 Å². The van der Waals surface area contributed by atoms with Gasteiger partial charge in [-0.05, 0) is 21.9 Å². The van der Waals surface area contributed by atoms with E-state index in [2.05, 4.69) is 10.0 Å². The van der Waals surface area contributed by atoms with Crippen molar-refractivity contribution in [1.82, 2.24) is 0 Å². The summed E-state index contributed by atoms with van der Waals surface area (Å²) >= 11 is 0. The van der Waals surface area contributed by atoms with Gasteiger partial charge in [-0.2, -0.15) is 13.2 Å². The van der Waals surface area contributed by atoms with E-state index >= 15 is 0 Å². The summed E-state index contributed by atoms with van der Waals surface area (Å²) in [7, 11) is 0. The maximum atomic E-state index is 12.4. The van der Waals surface area contributed by atoms with Gasteiger partial charge in [-0.1, -0.05) is 47.6 Å². The molecule has 0 fully saturated rings. The van der Waals surface area contributed by atoms with Crippen LogP contribution in [-0.4, -0.2) is 6.18 Å². The minimum atomic E-state index is -4.37. The van der Waals surface area contributed by atoms with E-state index in [1.807, 2.05) is 12.1 Å². The van der Waals surface area contributed by atoms with Crippen molar-refractivity contribution in [2.45, 2.75) is 18.6 Å². The third kappa shape index (κ3) is 3.39. The van der Waals surface area contributed by atoms with Gasteiger partial charge in [0.15, 0.2) is 0 Å². The lowest BCUT2D eigenvalue weighted by Crippen LogP contribution is -2.12. The highest BCUT2D eigenvalue weighted by Gasteiger charge is 2.32. The molecule has 0 aromatic heterocycles. The molecule has 6 heteroatoms. The number of rotatable bonds is 3. The fraction of sp³-hybridized carbons (Fsp3) is 0.231. The van der Waals surface area contributed by atoms with E-state index in [-0.39, 0.29) is 0 Å². The Morgan fingerprint density at radius 3 is 2.42 bits per heavy atom. The molecule has 0 aliphatic rings. The Morgan fingerprint density at radius 2 is 1.79 bits per heavy atom.